The van der Waals surface area contributed by atoms with Crippen LogP contribution in [0.3, 0.4) is 0 Å². The number of piperidine rings is 1. The van der Waals surface area contributed by atoms with E-state index in [0.29, 0.717) is 6.04 Å². The molecule has 0 radical (unpaired) electrons. The third kappa shape index (κ3) is 3.31. The van der Waals surface area contributed by atoms with Crippen molar-refractivity contribution in [3.05, 3.63) is 48.3 Å². The zero-order valence-electron chi connectivity index (χ0n) is 13.8. The molecule has 5 heterocycles. The molecule has 3 saturated heterocycles. The normalized spacial score (nSPS) is 25.6. The first-order valence-corrected chi connectivity index (χ1v) is 8.59. The molecule has 0 saturated carbocycles. The molecule has 0 unspecified atom stereocenters. The summed E-state index contributed by atoms with van der Waals surface area (Å²) in [6.45, 7) is 5.59. The van der Waals surface area contributed by atoms with E-state index in [2.05, 4.69) is 37.4 Å². The van der Waals surface area contributed by atoms with Crippen LogP contribution in [0.5, 0.6) is 0 Å². The maximum absolute atomic E-state index is 4.51. The van der Waals surface area contributed by atoms with Gasteiger partial charge in [-0.2, -0.15) is 0 Å². The van der Waals surface area contributed by atoms with E-state index in [1.807, 2.05) is 30.9 Å². The second-order valence-corrected chi connectivity index (χ2v) is 7.04. The highest BCUT2D eigenvalue weighted by molar-refractivity contribution is 5.09. The van der Waals surface area contributed by atoms with Gasteiger partial charge in [-0.25, -0.2) is 4.98 Å². The average molecular weight is 311 g/mol. The summed E-state index contributed by atoms with van der Waals surface area (Å²) in [5, 5.41) is 0. The van der Waals surface area contributed by atoms with Gasteiger partial charge in [0.15, 0.2) is 0 Å². The monoisotopic (exact) mass is 311 g/mol. The van der Waals surface area contributed by atoms with Crippen LogP contribution in [0.15, 0.2) is 36.9 Å². The molecule has 2 bridgehead atoms. The summed E-state index contributed by atoms with van der Waals surface area (Å²) in [5.41, 5.74) is 1.32. The van der Waals surface area contributed by atoms with Gasteiger partial charge in [-0.15, -0.1) is 0 Å². The highest BCUT2D eigenvalue weighted by atomic mass is 15.3. The molecule has 122 valence electrons. The second-order valence-electron chi connectivity index (χ2n) is 7.04. The lowest BCUT2D eigenvalue weighted by Gasteiger charge is -2.35. The topological polar surface area (TPSA) is 37.2 Å². The molecule has 0 aromatic carbocycles. The van der Waals surface area contributed by atoms with Gasteiger partial charge in [0.1, 0.15) is 5.82 Å². The van der Waals surface area contributed by atoms with Crippen molar-refractivity contribution in [2.24, 2.45) is 13.0 Å². The van der Waals surface area contributed by atoms with Crippen molar-refractivity contribution in [1.82, 2.24) is 24.3 Å². The number of fused-ring (bicyclic) bond motifs is 4. The van der Waals surface area contributed by atoms with E-state index in [0.717, 1.165) is 25.6 Å². The van der Waals surface area contributed by atoms with Gasteiger partial charge < -0.3 is 4.57 Å². The Morgan fingerprint density at radius 1 is 1.13 bits per heavy atom. The Hall–Kier alpha value is -1.72. The van der Waals surface area contributed by atoms with Crippen molar-refractivity contribution in [1.29, 1.82) is 0 Å². The van der Waals surface area contributed by atoms with Crippen LogP contribution in [-0.4, -0.2) is 50.0 Å². The van der Waals surface area contributed by atoms with Gasteiger partial charge in [-0.05, 0) is 30.4 Å². The maximum atomic E-state index is 4.51. The summed E-state index contributed by atoms with van der Waals surface area (Å²) >= 11 is 0. The molecule has 5 heteroatoms. The van der Waals surface area contributed by atoms with E-state index in [-0.39, 0.29) is 0 Å². The molecule has 5 rings (SSSR count). The first-order valence-electron chi connectivity index (χ1n) is 8.59. The zero-order valence-corrected chi connectivity index (χ0v) is 13.8. The van der Waals surface area contributed by atoms with Crippen LogP contribution in [0, 0.1) is 5.92 Å². The predicted molar refractivity (Wildman–Crippen MR) is 89.6 cm³/mol. The van der Waals surface area contributed by atoms with Crippen LogP contribution >= 0.6 is 0 Å². The Morgan fingerprint density at radius 3 is 2.87 bits per heavy atom. The van der Waals surface area contributed by atoms with Gasteiger partial charge in [0.25, 0.3) is 0 Å². The molecular weight excluding hydrogens is 286 g/mol. The number of nitrogens with zero attached hydrogens (tertiary/aromatic N) is 5. The number of hydrogen-bond acceptors (Lipinski definition) is 4. The smallest absolute Gasteiger partial charge is 0.122 e. The van der Waals surface area contributed by atoms with Crippen molar-refractivity contribution in [3.63, 3.8) is 0 Å². The van der Waals surface area contributed by atoms with Gasteiger partial charge in [0.05, 0.1) is 6.54 Å². The van der Waals surface area contributed by atoms with Crippen LogP contribution in [0.25, 0.3) is 0 Å². The largest absolute Gasteiger partial charge is 0.337 e. The predicted octanol–water partition coefficient (Wildman–Crippen LogP) is 1.91. The maximum Gasteiger partial charge on any atom is 0.122 e. The van der Waals surface area contributed by atoms with Crippen LogP contribution in [0.1, 0.15) is 24.2 Å². The number of aromatic nitrogens is 3. The van der Waals surface area contributed by atoms with Crippen LogP contribution in [0.4, 0.5) is 0 Å². The Balaban J connectivity index is 1.45. The number of pyridine rings is 1. The van der Waals surface area contributed by atoms with Crippen molar-refractivity contribution in [3.8, 4) is 0 Å². The number of hydrogen-bond donors (Lipinski definition) is 0. The molecule has 0 amide bonds. The van der Waals surface area contributed by atoms with Crippen molar-refractivity contribution in [2.75, 3.05) is 19.6 Å². The highest BCUT2D eigenvalue weighted by Crippen LogP contribution is 2.29. The molecule has 3 aliphatic heterocycles. The Kier molecular flexibility index (Phi) is 4.14. The van der Waals surface area contributed by atoms with E-state index >= 15 is 0 Å². The quantitative estimate of drug-likeness (QED) is 0.864. The Morgan fingerprint density at radius 2 is 2.09 bits per heavy atom. The van der Waals surface area contributed by atoms with Gasteiger partial charge in [0.2, 0.25) is 0 Å². The molecule has 3 fully saturated rings. The summed E-state index contributed by atoms with van der Waals surface area (Å²) in [4.78, 5) is 14.0. The highest BCUT2D eigenvalue weighted by Gasteiger charge is 2.35. The molecule has 3 aliphatic rings. The standard InChI is InChI=1S/C18H25N5/c1-21-8-7-20-18(21)14-23-12-16-4-5-17(23)13-22(11-16)10-15-3-2-6-19-9-15/h2-3,6-9,16-17H,4-5,10-14H2,1H3/t16-,17+/m0/s1. The number of rotatable bonds is 4. The summed E-state index contributed by atoms with van der Waals surface area (Å²) in [7, 11) is 2.09. The average Bonchev–Trinajstić information content (AvgIpc) is 2.78. The van der Waals surface area contributed by atoms with Gasteiger partial charge in [0, 0.05) is 64.1 Å². The Bertz CT molecular complexity index is 638. The summed E-state index contributed by atoms with van der Waals surface area (Å²) in [6.07, 6.45) is 10.5. The van der Waals surface area contributed by atoms with Crippen molar-refractivity contribution >= 4 is 0 Å². The number of imidazole rings is 1. The summed E-state index contributed by atoms with van der Waals surface area (Å²) < 4.78 is 2.14. The van der Waals surface area contributed by atoms with E-state index in [9.17, 15) is 0 Å². The lowest BCUT2D eigenvalue weighted by molar-refractivity contribution is 0.119. The molecule has 2 atom stereocenters. The molecule has 5 nitrogen and oxygen atoms in total. The lowest BCUT2D eigenvalue weighted by Crippen LogP contribution is -2.43. The molecule has 0 spiro atoms. The van der Waals surface area contributed by atoms with Crippen LogP contribution < -0.4 is 0 Å². The molecular formula is C18H25N5. The Labute approximate surface area is 138 Å². The fourth-order valence-corrected chi connectivity index (χ4v) is 4.08. The minimum atomic E-state index is 0.655. The minimum absolute atomic E-state index is 0.655. The minimum Gasteiger partial charge on any atom is -0.337 e. The number of aryl methyl sites for hydroxylation is 1. The van der Waals surface area contributed by atoms with E-state index in [1.54, 1.807) is 0 Å². The van der Waals surface area contributed by atoms with Crippen LogP contribution in [-0.2, 0) is 20.1 Å². The third-order valence-corrected chi connectivity index (χ3v) is 5.30. The van der Waals surface area contributed by atoms with E-state index in [1.165, 1.54) is 37.3 Å². The summed E-state index contributed by atoms with van der Waals surface area (Å²) in [5.74, 6) is 1.96. The second kappa shape index (κ2) is 6.42. The van der Waals surface area contributed by atoms with Crippen LogP contribution in [0.2, 0.25) is 0 Å². The van der Waals surface area contributed by atoms with Crippen molar-refractivity contribution in [2.45, 2.75) is 32.0 Å². The fraction of sp³-hybridized carbons (Fsp3) is 0.556. The zero-order chi connectivity index (χ0) is 15.6. The van der Waals surface area contributed by atoms with E-state index < -0.39 is 0 Å². The molecule has 2 aromatic heterocycles. The first kappa shape index (κ1) is 14.8. The first-order chi connectivity index (χ1) is 11.3. The molecule has 0 N–H and O–H groups in total. The molecule has 0 aliphatic carbocycles. The molecule has 23 heavy (non-hydrogen) atoms. The third-order valence-electron chi connectivity index (χ3n) is 5.30. The summed E-state index contributed by atoms with van der Waals surface area (Å²) in [6, 6.07) is 4.88. The lowest BCUT2D eigenvalue weighted by atomic mass is 9.95. The molecule has 2 aromatic rings. The fourth-order valence-electron chi connectivity index (χ4n) is 4.08. The van der Waals surface area contributed by atoms with Gasteiger partial charge >= 0.3 is 0 Å². The van der Waals surface area contributed by atoms with Crippen molar-refractivity contribution < 1.29 is 0 Å². The van der Waals surface area contributed by atoms with Gasteiger partial charge in [-0.1, -0.05) is 6.07 Å². The van der Waals surface area contributed by atoms with Gasteiger partial charge in [-0.3, -0.25) is 14.8 Å². The van der Waals surface area contributed by atoms with E-state index in [4.69, 9.17) is 0 Å². The SMILES string of the molecule is Cn1ccnc1CN1C[C@H]2CC[C@@H]1CN(Cc1cccnc1)C2.